The van der Waals surface area contributed by atoms with Gasteiger partial charge in [-0.2, -0.15) is 0 Å². The van der Waals surface area contributed by atoms with Gasteiger partial charge in [0.2, 0.25) is 0 Å². The molecule has 0 saturated carbocycles. The minimum atomic E-state index is 0.266. The van der Waals surface area contributed by atoms with E-state index in [0.29, 0.717) is 5.13 Å². The van der Waals surface area contributed by atoms with Gasteiger partial charge in [0.05, 0.1) is 17.3 Å². The number of hydrogen-bond donors (Lipinski definition) is 1. The number of aromatic nitrogens is 1. The van der Waals surface area contributed by atoms with Gasteiger partial charge < -0.3 is 10.5 Å². The highest BCUT2D eigenvalue weighted by Gasteiger charge is 2.16. The van der Waals surface area contributed by atoms with Crippen LogP contribution in [0.15, 0.2) is 22.7 Å². The molecule has 0 fully saturated rings. The molecule has 3 nitrogen and oxygen atoms in total. The summed E-state index contributed by atoms with van der Waals surface area (Å²) >= 11 is 5.01. The lowest BCUT2D eigenvalue weighted by Crippen LogP contribution is -1.97. The Morgan fingerprint density at radius 1 is 1.44 bits per heavy atom. The van der Waals surface area contributed by atoms with Gasteiger partial charge in [0.1, 0.15) is 5.75 Å². The van der Waals surface area contributed by atoms with Gasteiger partial charge in [0.15, 0.2) is 5.13 Å². The standard InChI is InChI=1S/C13H15BrN2OS/c1-7(12-8(2)16-13(15)18-12)9-4-5-10(14)11(6-9)17-3/h4-7H,1-3H3,(H2,15,16). The molecule has 0 bridgehead atoms. The number of rotatable bonds is 3. The van der Waals surface area contributed by atoms with Crippen molar-refractivity contribution in [1.82, 2.24) is 4.98 Å². The predicted molar refractivity (Wildman–Crippen MR) is 79.5 cm³/mol. The van der Waals surface area contributed by atoms with Crippen molar-refractivity contribution in [1.29, 1.82) is 0 Å². The van der Waals surface area contributed by atoms with E-state index < -0.39 is 0 Å². The van der Waals surface area contributed by atoms with Gasteiger partial charge in [0, 0.05) is 10.8 Å². The Kier molecular flexibility index (Phi) is 3.92. The number of halogens is 1. The van der Waals surface area contributed by atoms with Crippen molar-refractivity contribution in [2.45, 2.75) is 19.8 Å². The molecule has 0 amide bonds. The highest BCUT2D eigenvalue weighted by atomic mass is 79.9. The fourth-order valence-corrected chi connectivity index (χ4v) is 3.25. The third-order valence-corrected chi connectivity index (χ3v) is 4.74. The summed E-state index contributed by atoms with van der Waals surface area (Å²) in [5.41, 5.74) is 7.95. The Balaban J connectivity index is 2.39. The van der Waals surface area contributed by atoms with Crippen LogP contribution in [0.3, 0.4) is 0 Å². The van der Waals surface area contributed by atoms with Crippen molar-refractivity contribution in [3.8, 4) is 5.75 Å². The lowest BCUT2D eigenvalue weighted by molar-refractivity contribution is 0.411. The monoisotopic (exact) mass is 326 g/mol. The zero-order valence-electron chi connectivity index (χ0n) is 10.5. The topological polar surface area (TPSA) is 48.1 Å². The molecular formula is C13H15BrN2OS. The summed E-state index contributed by atoms with van der Waals surface area (Å²) in [4.78, 5) is 5.48. The molecule has 1 aromatic carbocycles. The van der Waals surface area contributed by atoms with Crippen LogP contribution in [0.2, 0.25) is 0 Å². The summed E-state index contributed by atoms with van der Waals surface area (Å²) in [6.45, 7) is 4.15. The highest BCUT2D eigenvalue weighted by molar-refractivity contribution is 9.10. The molecular weight excluding hydrogens is 312 g/mol. The summed E-state index contributed by atoms with van der Waals surface area (Å²) in [6.07, 6.45) is 0. The Morgan fingerprint density at radius 3 is 2.72 bits per heavy atom. The molecule has 1 atom stereocenters. The van der Waals surface area contributed by atoms with Gasteiger partial charge in [-0.3, -0.25) is 0 Å². The third kappa shape index (κ3) is 2.52. The molecule has 5 heteroatoms. The average Bonchev–Trinajstić information content (AvgIpc) is 2.68. The summed E-state index contributed by atoms with van der Waals surface area (Å²) in [6, 6.07) is 6.14. The Labute approximate surface area is 119 Å². The molecule has 2 N–H and O–H groups in total. The van der Waals surface area contributed by atoms with Gasteiger partial charge in [-0.25, -0.2) is 4.98 Å². The lowest BCUT2D eigenvalue weighted by atomic mass is 9.98. The van der Waals surface area contributed by atoms with Crippen LogP contribution in [0.25, 0.3) is 0 Å². The van der Waals surface area contributed by atoms with E-state index in [2.05, 4.69) is 33.9 Å². The average molecular weight is 327 g/mol. The van der Waals surface area contributed by atoms with Gasteiger partial charge in [0.25, 0.3) is 0 Å². The number of hydrogen-bond acceptors (Lipinski definition) is 4. The zero-order valence-corrected chi connectivity index (χ0v) is 12.9. The number of nitrogens with zero attached hydrogens (tertiary/aromatic N) is 1. The maximum absolute atomic E-state index is 5.75. The van der Waals surface area contributed by atoms with Crippen LogP contribution >= 0.6 is 27.3 Å². The van der Waals surface area contributed by atoms with Gasteiger partial charge in [-0.05, 0) is 40.5 Å². The fraction of sp³-hybridized carbons (Fsp3) is 0.308. The maximum Gasteiger partial charge on any atom is 0.180 e. The Morgan fingerprint density at radius 2 is 2.17 bits per heavy atom. The fourth-order valence-electron chi connectivity index (χ4n) is 1.93. The first kappa shape index (κ1) is 13.4. The number of nitrogens with two attached hydrogens (primary N) is 1. The summed E-state index contributed by atoms with van der Waals surface area (Å²) < 4.78 is 6.28. The van der Waals surface area contributed by atoms with Gasteiger partial charge >= 0.3 is 0 Å². The molecule has 2 rings (SSSR count). The first-order chi connectivity index (χ1) is 8.52. The first-order valence-corrected chi connectivity index (χ1v) is 7.20. The van der Waals surface area contributed by atoms with Crippen molar-refractivity contribution in [2.75, 3.05) is 12.8 Å². The summed E-state index contributed by atoms with van der Waals surface area (Å²) in [5, 5.41) is 0.624. The zero-order chi connectivity index (χ0) is 13.3. The molecule has 0 spiro atoms. The SMILES string of the molecule is COc1cc(C(C)c2sc(N)nc2C)ccc1Br. The molecule has 0 radical (unpaired) electrons. The van der Waals surface area contributed by atoms with Crippen molar-refractivity contribution < 1.29 is 4.74 Å². The molecule has 1 heterocycles. The van der Waals surface area contributed by atoms with Crippen LogP contribution in [-0.4, -0.2) is 12.1 Å². The molecule has 0 aliphatic rings. The van der Waals surface area contributed by atoms with Crippen molar-refractivity contribution in [3.63, 3.8) is 0 Å². The summed E-state index contributed by atoms with van der Waals surface area (Å²) in [5.74, 6) is 1.11. The molecule has 0 aliphatic carbocycles. The van der Waals surface area contributed by atoms with Crippen molar-refractivity contribution in [2.24, 2.45) is 0 Å². The van der Waals surface area contributed by atoms with E-state index >= 15 is 0 Å². The molecule has 1 unspecified atom stereocenters. The third-order valence-electron chi connectivity index (χ3n) is 2.92. The number of ether oxygens (including phenoxy) is 1. The van der Waals surface area contributed by atoms with E-state index in [1.807, 2.05) is 19.1 Å². The van der Waals surface area contributed by atoms with Gasteiger partial charge in [-0.15, -0.1) is 11.3 Å². The Hall–Kier alpha value is -1.07. The van der Waals surface area contributed by atoms with Crippen LogP contribution in [-0.2, 0) is 0 Å². The van der Waals surface area contributed by atoms with Crippen LogP contribution in [0.1, 0.15) is 29.0 Å². The number of thiazole rings is 1. The Bertz CT molecular complexity index is 568. The van der Waals surface area contributed by atoms with E-state index in [9.17, 15) is 0 Å². The minimum absolute atomic E-state index is 0.266. The predicted octanol–water partition coefficient (Wildman–Crippen LogP) is 3.96. The van der Waals surface area contributed by atoms with E-state index in [1.165, 1.54) is 10.4 Å². The minimum Gasteiger partial charge on any atom is -0.496 e. The van der Waals surface area contributed by atoms with Crippen LogP contribution in [0.4, 0.5) is 5.13 Å². The second kappa shape index (κ2) is 5.28. The lowest BCUT2D eigenvalue weighted by Gasteiger charge is -2.13. The highest BCUT2D eigenvalue weighted by Crippen LogP contribution is 2.35. The van der Waals surface area contributed by atoms with Crippen molar-refractivity contribution >= 4 is 32.4 Å². The first-order valence-electron chi connectivity index (χ1n) is 5.59. The van der Waals surface area contributed by atoms with Gasteiger partial charge in [-0.1, -0.05) is 13.0 Å². The molecule has 2 aromatic rings. The van der Waals surface area contributed by atoms with E-state index in [1.54, 1.807) is 18.4 Å². The summed E-state index contributed by atoms with van der Waals surface area (Å²) in [7, 11) is 1.67. The molecule has 0 saturated heterocycles. The van der Waals surface area contributed by atoms with Crippen LogP contribution < -0.4 is 10.5 Å². The number of nitrogen functional groups attached to an aromatic ring is 1. The molecule has 96 valence electrons. The second-order valence-electron chi connectivity index (χ2n) is 4.12. The van der Waals surface area contributed by atoms with E-state index in [4.69, 9.17) is 10.5 Å². The van der Waals surface area contributed by atoms with Crippen LogP contribution in [0.5, 0.6) is 5.75 Å². The molecule has 18 heavy (non-hydrogen) atoms. The quantitative estimate of drug-likeness (QED) is 0.928. The number of methoxy groups -OCH3 is 1. The number of benzene rings is 1. The molecule has 0 aliphatic heterocycles. The maximum atomic E-state index is 5.75. The second-order valence-corrected chi connectivity index (χ2v) is 6.03. The smallest absolute Gasteiger partial charge is 0.180 e. The number of aryl methyl sites for hydroxylation is 1. The normalized spacial score (nSPS) is 12.4. The van der Waals surface area contributed by atoms with Crippen molar-refractivity contribution in [3.05, 3.63) is 38.8 Å². The largest absolute Gasteiger partial charge is 0.496 e. The number of anilines is 1. The molecule has 1 aromatic heterocycles. The van der Waals surface area contributed by atoms with E-state index in [-0.39, 0.29) is 5.92 Å². The van der Waals surface area contributed by atoms with E-state index in [0.717, 1.165) is 15.9 Å². The van der Waals surface area contributed by atoms with Crippen LogP contribution in [0, 0.1) is 6.92 Å².